The van der Waals surface area contributed by atoms with Crippen LogP contribution in [0.3, 0.4) is 0 Å². The molecule has 6 saturated heterocycles. The van der Waals surface area contributed by atoms with Gasteiger partial charge in [-0.1, -0.05) is 30.3 Å². The molecule has 7 N–H and O–H groups in total. The summed E-state index contributed by atoms with van der Waals surface area (Å²) in [6.07, 6.45) is 19.2. The summed E-state index contributed by atoms with van der Waals surface area (Å²) in [5.41, 5.74) is 21.1. The number of piperazine rings is 1. The predicted molar refractivity (Wildman–Crippen MR) is 407 cm³/mol. The van der Waals surface area contributed by atoms with Crippen molar-refractivity contribution in [2.75, 3.05) is 86.1 Å². The lowest BCUT2D eigenvalue weighted by Crippen LogP contribution is -2.56. The number of aryl methyl sites for hydroxylation is 1. The van der Waals surface area contributed by atoms with Crippen LogP contribution in [0.5, 0.6) is 11.5 Å². The van der Waals surface area contributed by atoms with E-state index in [2.05, 4.69) is 50.6 Å². The van der Waals surface area contributed by atoms with Crippen LogP contribution in [0.25, 0.3) is 44.7 Å². The molecule has 4 aromatic carbocycles. The maximum Gasteiger partial charge on any atom is 0.331 e. The Kier molecular flexibility index (Phi) is 19.2. The topological polar surface area (TPSA) is 350 Å². The van der Waals surface area contributed by atoms with Gasteiger partial charge < -0.3 is 46.2 Å². The molecule has 9 aromatic rings. The van der Waals surface area contributed by atoms with Gasteiger partial charge in [0.2, 0.25) is 23.7 Å². The van der Waals surface area contributed by atoms with Crippen molar-refractivity contribution in [1.82, 2.24) is 74.2 Å². The monoisotopic (exact) mass is 1470 g/mol. The number of phenols is 1. The van der Waals surface area contributed by atoms with Gasteiger partial charge in [-0.25, -0.2) is 14.8 Å². The third-order valence-electron chi connectivity index (χ3n) is 24.2. The third-order valence-corrected chi connectivity index (χ3v) is 24.2. The normalized spacial score (nSPS) is 22.5. The zero-order valence-corrected chi connectivity index (χ0v) is 60.9. The Morgan fingerprint density at radius 1 is 0.633 bits per heavy atom. The Labute approximate surface area is 628 Å². The van der Waals surface area contributed by atoms with Crippen LogP contribution in [0.2, 0.25) is 0 Å². The van der Waals surface area contributed by atoms with Crippen LogP contribution in [0.1, 0.15) is 146 Å². The highest BCUT2D eigenvalue weighted by Gasteiger charge is 2.48. The number of anilines is 5. The van der Waals surface area contributed by atoms with E-state index in [4.69, 9.17) is 31.3 Å². The fourth-order valence-electron chi connectivity index (χ4n) is 18.2. The summed E-state index contributed by atoms with van der Waals surface area (Å²) < 4.78 is 10.3. The summed E-state index contributed by atoms with van der Waals surface area (Å²) in [4.78, 5) is 120. The van der Waals surface area contributed by atoms with Crippen molar-refractivity contribution < 1.29 is 38.6 Å². The second-order valence-corrected chi connectivity index (χ2v) is 30.5. The summed E-state index contributed by atoms with van der Waals surface area (Å²) in [6.45, 7) is 6.22. The highest BCUT2D eigenvalue weighted by atomic mass is 16.5. The SMILES string of the molecule is COc1ccccc1-c1cc(N2CC3CCC(C2)N3c2ncc(C3CCN(CCCc4ccc5c(c4)n(CN4C(=O)CCC(N6C(=O)c7ccc(NCC8CCC(N9CCC(n%10cc(-c%11cc(-c%12ccccc%12O)nnc%11N)cn%10)CC9)CC8)cc7C6=O)C4=O)c(=O)n5C4CCC(=O)NC4=O)CC3)cn2)c(N)nn1. The summed E-state index contributed by atoms with van der Waals surface area (Å²) in [5, 5.41) is 38.3. The maximum absolute atomic E-state index is 14.8. The Hall–Kier alpha value is -11.5. The molecule has 4 atom stereocenters. The van der Waals surface area contributed by atoms with Gasteiger partial charge in [0, 0.05) is 110 Å². The minimum atomic E-state index is -1.31. The van der Waals surface area contributed by atoms with E-state index in [0.29, 0.717) is 81.7 Å². The van der Waals surface area contributed by atoms with Crippen molar-refractivity contribution >= 4 is 75.4 Å². The van der Waals surface area contributed by atoms with Crippen LogP contribution in [0.4, 0.5) is 29.0 Å². The molecule has 5 aromatic heterocycles. The number of carbonyl (C=O) groups is 6. The zero-order valence-electron chi connectivity index (χ0n) is 60.9. The van der Waals surface area contributed by atoms with E-state index in [-0.39, 0.29) is 60.7 Å². The van der Waals surface area contributed by atoms with Gasteiger partial charge >= 0.3 is 5.69 Å². The number of fused-ring (bicyclic) bond motifs is 4. The van der Waals surface area contributed by atoms with Crippen LogP contribution >= 0.6 is 0 Å². The maximum atomic E-state index is 14.8. The summed E-state index contributed by atoms with van der Waals surface area (Å²) in [5.74, 6) is -0.704. The van der Waals surface area contributed by atoms with E-state index in [1.807, 2.05) is 84.1 Å². The Morgan fingerprint density at radius 2 is 1.34 bits per heavy atom. The number of benzene rings is 4. The smallest absolute Gasteiger partial charge is 0.331 e. The molecule has 8 aliphatic rings. The number of rotatable bonds is 20. The standard InChI is InChI=1S/C80H88N20O9/c1-109-70-11-5-3-9-59(70)63-38-68(74(82)91-89-63)94-44-55-18-19-56(45-94)98(55)79-84-40-50(41-85-79)49-26-31-92(32-27-49)30-6-7-47-14-21-64-67(35-47)95(80(108)99(64)65-22-24-71(102)87-75(65)104)46-96-72(103)25-23-66(78(96)107)100-76(105)57-20-15-52(36-61(57)77(100)106)83-39-48-12-16-53(17-13-48)93-33-28-54(29-34-93)97-43-51(42-86-97)60-37-62(88-90-73(60)81)58-8-2-4-10-69(58)101/h2-5,8-11,14-15,20-21,35-38,40-43,48-49,53-56,65-66,83,101H,6-7,12-13,16-19,22-34,39,44-46H2,1H3,(H2,81,90)(H2,82,91)(H,87,102,104). The number of aromatic nitrogens is 10. The second-order valence-electron chi connectivity index (χ2n) is 30.5. The molecule has 2 bridgehead atoms. The number of nitrogens with one attached hydrogen (secondary N) is 2. The number of ether oxygens (including phenoxy) is 1. The zero-order chi connectivity index (χ0) is 74.7. The van der Waals surface area contributed by atoms with Gasteiger partial charge in [-0.15, -0.1) is 20.4 Å². The molecule has 29 nitrogen and oxygen atoms in total. The van der Waals surface area contributed by atoms with Gasteiger partial charge in [0.15, 0.2) is 11.6 Å². The fourth-order valence-corrected chi connectivity index (χ4v) is 18.2. The number of imide groups is 3. The molecule has 0 radical (unpaired) electrons. The molecule has 29 heteroatoms. The van der Waals surface area contributed by atoms with Crippen molar-refractivity contribution in [3.8, 4) is 45.1 Å². The highest BCUT2D eigenvalue weighted by molar-refractivity contribution is 6.23. The van der Waals surface area contributed by atoms with E-state index < -0.39 is 59.9 Å². The second kappa shape index (κ2) is 29.6. The van der Waals surface area contributed by atoms with Crippen LogP contribution in [-0.4, -0.2) is 193 Å². The van der Waals surface area contributed by atoms with Gasteiger partial charge in [-0.2, -0.15) is 5.10 Å². The number of carbonyl (C=O) groups excluding carboxylic acids is 6. The predicted octanol–water partition coefficient (Wildman–Crippen LogP) is 7.98. The van der Waals surface area contributed by atoms with Gasteiger partial charge in [-0.05, 0) is 199 Å². The number of aromatic hydroxyl groups is 1. The molecular formula is C80H88N20O9. The van der Waals surface area contributed by atoms with Crippen molar-refractivity contribution in [2.24, 2.45) is 5.92 Å². The summed E-state index contributed by atoms with van der Waals surface area (Å²) in [6, 6.07) is 28.1. The summed E-state index contributed by atoms with van der Waals surface area (Å²) in [7, 11) is 1.65. The molecule has 7 fully saturated rings. The first-order valence-corrected chi connectivity index (χ1v) is 38.3. The minimum Gasteiger partial charge on any atom is -0.507 e. The van der Waals surface area contributed by atoms with E-state index in [1.54, 1.807) is 49.6 Å². The molecule has 1 aliphatic carbocycles. The Balaban J connectivity index is 0.495. The molecule has 17 rings (SSSR count). The lowest BCUT2D eigenvalue weighted by atomic mass is 9.84. The van der Waals surface area contributed by atoms with Crippen molar-refractivity contribution in [3.05, 3.63) is 155 Å². The van der Waals surface area contributed by atoms with Crippen molar-refractivity contribution in [2.45, 2.75) is 152 Å². The number of nitrogens with zero attached hydrogens (tertiary/aromatic N) is 16. The molecule has 4 unspecified atom stereocenters. The Morgan fingerprint density at radius 3 is 2.09 bits per heavy atom. The van der Waals surface area contributed by atoms with Crippen molar-refractivity contribution in [3.63, 3.8) is 0 Å². The lowest BCUT2D eigenvalue weighted by Gasteiger charge is -2.42. The number of imidazole rings is 1. The number of nitrogens with two attached hydrogens (primary N) is 2. The molecule has 7 aliphatic heterocycles. The Bertz CT molecular complexity index is 5080. The van der Waals surface area contributed by atoms with Gasteiger partial charge in [0.25, 0.3) is 17.7 Å². The first-order chi connectivity index (χ1) is 53.1. The number of methoxy groups -OCH3 is 1. The van der Waals surface area contributed by atoms with Gasteiger partial charge in [0.05, 0.1) is 58.6 Å². The number of likely N-dealkylation sites (tertiary alicyclic amines) is 3. The number of phenolic OH excluding ortho intramolecular Hbond substituents is 1. The van der Waals surface area contributed by atoms with Crippen LogP contribution in [0, 0.1) is 5.92 Å². The number of amides is 6. The van der Waals surface area contributed by atoms with E-state index in [9.17, 15) is 38.7 Å². The van der Waals surface area contributed by atoms with Crippen LogP contribution < -0.4 is 42.3 Å². The average molecular weight is 1470 g/mol. The van der Waals surface area contributed by atoms with Gasteiger partial charge in [-0.3, -0.25) is 57.7 Å². The molecule has 109 heavy (non-hydrogen) atoms. The van der Waals surface area contributed by atoms with Crippen LogP contribution in [0.15, 0.2) is 127 Å². The highest BCUT2D eigenvalue weighted by Crippen LogP contribution is 2.42. The molecule has 12 heterocycles. The fraction of sp³-hybridized carbons (Fsp3) is 0.425. The largest absolute Gasteiger partial charge is 0.507 e. The number of piperidine rings is 4. The van der Waals surface area contributed by atoms with Gasteiger partial charge in [0.1, 0.15) is 30.3 Å². The first kappa shape index (κ1) is 70.5. The number of para-hydroxylation sites is 2. The van der Waals surface area contributed by atoms with Crippen molar-refractivity contribution in [1.29, 1.82) is 0 Å². The summed E-state index contributed by atoms with van der Waals surface area (Å²) >= 11 is 0. The molecule has 1 saturated carbocycles. The molecule has 562 valence electrons. The number of hydrogen-bond acceptors (Lipinski definition) is 23. The quantitative estimate of drug-likeness (QED) is 0.0451. The molecule has 0 spiro atoms. The third kappa shape index (κ3) is 13.6. The van der Waals surface area contributed by atoms with E-state index >= 15 is 0 Å². The van der Waals surface area contributed by atoms with E-state index in [1.165, 1.54) is 9.13 Å². The number of nitrogen functional groups attached to an aromatic ring is 2. The van der Waals surface area contributed by atoms with Crippen LogP contribution in [-0.2, 0) is 32.3 Å². The molecular weight excluding hydrogens is 1390 g/mol. The average Bonchev–Trinajstić information content (AvgIpc) is 1.61. The number of hydrogen-bond donors (Lipinski definition) is 5. The lowest BCUT2D eigenvalue weighted by molar-refractivity contribution is -0.154. The first-order valence-electron chi connectivity index (χ1n) is 38.3. The van der Waals surface area contributed by atoms with E-state index in [0.717, 1.165) is 166 Å². The molecule has 6 amide bonds. The minimum absolute atomic E-state index is 0.0155.